The summed E-state index contributed by atoms with van der Waals surface area (Å²) in [5, 5.41) is 10.9. The van der Waals surface area contributed by atoms with Gasteiger partial charge in [0.15, 0.2) is 5.12 Å². The molecule has 0 amide bonds. The summed E-state index contributed by atoms with van der Waals surface area (Å²) in [7, 11) is 0. The Morgan fingerprint density at radius 2 is 2.39 bits per heavy atom. The van der Waals surface area contributed by atoms with E-state index in [1.165, 1.54) is 24.8 Å². The number of halogens is 1. The van der Waals surface area contributed by atoms with Crippen molar-refractivity contribution < 1.29 is 9.72 Å². The van der Waals surface area contributed by atoms with Crippen LogP contribution in [0.3, 0.4) is 0 Å². The molecule has 18 heavy (non-hydrogen) atoms. The van der Waals surface area contributed by atoms with E-state index in [1.54, 1.807) is 6.08 Å². The number of thioether (sulfide) groups is 1. The van der Waals surface area contributed by atoms with Crippen LogP contribution in [0.1, 0.15) is 18.9 Å². The Hall–Kier alpha value is -1.40. The minimum atomic E-state index is -0.522. The van der Waals surface area contributed by atoms with Crippen LogP contribution in [0.4, 0.5) is 5.69 Å². The molecule has 0 N–H and O–H groups in total. The van der Waals surface area contributed by atoms with E-state index in [9.17, 15) is 14.9 Å². The van der Waals surface area contributed by atoms with Gasteiger partial charge in [0.05, 0.1) is 4.92 Å². The number of carbonyl (C=O) groups excluding carboxylic acids is 1. The van der Waals surface area contributed by atoms with Crippen LogP contribution >= 0.6 is 23.4 Å². The molecule has 5 nitrogen and oxygen atoms in total. The van der Waals surface area contributed by atoms with Crippen molar-refractivity contribution in [2.75, 3.05) is 5.75 Å². The zero-order chi connectivity index (χ0) is 13.5. The maximum Gasteiger partial charge on any atom is 0.288 e. The maximum atomic E-state index is 10.7. The number of nitro groups is 1. The molecule has 0 bridgehead atoms. The molecular formula is C11H11ClN2O3S. The van der Waals surface area contributed by atoms with E-state index in [2.05, 4.69) is 4.98 Å². The molecule has 0 fully saturated rings. The molecule has 0 aliphatic rings. The number of carbonyl (C=O) groups is 1. The minimum absolute atomic E-state index is 0.0680. The van der Waals surface area contributed by atoms with Gasteiger partial charge >= 0.3 is 0 Å². The van der Waals surface area contributed by atoms with Crippen molar-refractivity contribution in [3.05, 3.63) is 39.2 Å². The molecule has 0 unspecified atom stereocenters. The second-order valence-corrected chi connectivity index (χ2v) is 4.99. The van der Waals surface area contributed by atoms with Crippen LogP contribution in [0.25, 0.3) is 6.08 Å². The molecular weight excluding hydrogens is 276 g/mol. The highest BCUT2D eigenvalue weighted by atomic mass is 35.5. The van der Waals surface area contributed by atoms with Crippen LogP contribution in [0.5, 0.6) is 0 Å². The molecule has 7 heteroatoms. The molecule has 0 atom stereocenters. The monoisotopic (exact) mass is 286 g/mol. The van der Waals surface area contributed by atoms with E-state index in [0.717, 1.165) is 6.20 Å². The molecule has 0 aromatic carbocycles. The van der Waals surface area contributed by atoms with Gasteiger partial charge in [0, 0.05) is 24.3 Å². The van der Waals surface area contributed by atoms with E-state index in [0.29, 0.717) is 17.7 Å². The summed E-state index contributed by atoms with van der Waals surface area (Å²) in [6.45, 7) is 1.51. The zero-order valence-electron chi connectivity index (χ0n) is 9.63. The molecule has 0 aliphatic carbocycles. The van der Waals surface area contributed by atoms with Crippen molar-refractivity contribution in [1.82, 2.24) is 4.98 Å². The largest absolute Gasteiger partial charge is 0.288 e. The Labute approximate surface area is 113 Å². The van der Waals surface area contributed by atoms with Crippen LogP contribution in [0, 0.1) is 10.1 Å². The maximum absolute atomic E-state index is 10.7. The van der Waals surface area contributed by atoms with Crippen LogP contribution in [-0.4, -0.2) is 20.8 Å². The fraction of sp³-hybridized carbons (Fsp3) is 0.273. The molecule has 0 aliphatic heterocycles. The van der Waals surface area contributed by atoms with Gasteiger partial charge in [-0.05, 0) is 6.42 Å². The van der Waals surface area contributed by atoms with Gasteiger partial charge in [-0.15, -0.1) is 0 Å². The highest BCUT2D eigenvalue weighted by molar-refractivity contribution is 8.13. The zero-order valence-corrected chi connectivity index (χ0v) is 11.2. The standard InChI is InChI=1S/C11H11ClN2O3S/c1-8(15)18-5-3-2-4-9-6-10(14(16)17)7-13-11(9)12/h2,4,6-7H,3,5H2,1H3. The number of pyridine rings is 1. The molecule has 1 heterocycles. The predicted molar refractivity (Wildman–Crippen MR) is 72.7 cm³/mol. The normalized spacial score (nSPS) is 10.8. The number of rotatable bonds is 5. The van der Waals surface area contributed by atoms with Crippen molar-refractivity contribution in [2.24, 2.45) is 0 Å². The van der Waals surface area contributed by atoms with E-state index in [4.69, 9.17) is 11.6 Å². The summed E-state index contributed by atoms with van der Waals surface area (Å²) in [5.41, 5.74) is 0.399. The molecule has 1 rings (SSSR count). The van der Waals surface area contributed by atoms with E-state index in [1.807, 2.05) is 6.08 Å². The highest BCUT2D eigenvalue weighted by Gasteiger charge is 2.08. The lowest BCUT2D eigenvalue weighted by atomic mass is 10.2. The van der Waals surface area contributed by atoms with Gasteiger partial charge in [0.1, 0.15) is 11.3 Å². The van der Waals surface area contributed by atoms with Crippen molar-refractivity contribution in [1.29, 1.82) is 0 Å². The molecule has 96 valence electrons. The summed E-state index contributed by atoms with van der Waals surface area (Å²) in [4.78, 5) is 24.5. The molecule has 0 spiro atoms. The predicted octanol–water partition coefficient (Wildman–Crippen LogP) is 3.33. The number of aromatic nitrogens is 1. The summed E-state index contributed by atoms with van der Waals surface area (Å²) in [6.07, 6.45) is 5.28. The number of hydrogen-bond donors (Lipinski definition) is 0. The smallest absolute Gasteiger partial charge is 0.288 e. The lowest BCUT2D eigenvalue weighted by Gasteiger charge is -1.97. The fourth-order valence-corrected chi connectivity index (χ4v) is 1.86. The Bertz CT molecular complexity index is 491. The van der Waals surface area contributed by atoms with Crippen LogP contribution < -0.4 is 0 Å². The van der Waals surface area contributed by atoms with Gasteiger partial charge in [-0.2, -0.15) is 0 Å². The second-order valence-electron chi connectivity index (χ2n) is 3.36. The van der Waals surface area contributed by atoms with Crippen LogP contribution in [0.2, 0.25) is 5.15 Å². The average Bonchev–Trinajstić information content (AvgIpc) is 2.30. The number of nitrogens with zero attached hydrogens (tertiary/aromatic N) is 2. The Morgan fingerprint density at radius 1 is 1.67 bits per heavy atom. The van der Waals surface area contributed by atoms with Crippen LogP contribution in [0.15, 0.2) is 18.3 Å². The first kappa shape index (κ1) is 14.7. The first-order valence-electron chi connectivity index (χ1n) is 5.10. The Balaban J connectivity index is 2.65. The SMILES string of the molecule is CC(=O)SCCC=Cc1cc([N+](=O)[O-])cnc1Cl. The first-order valence-corrected chi connectivity index (χ1v) is 6.47. The van der Waals surface area contributed by atoms with Crippen molar-refractivity contribution >= 4 is 40.2 Å². The van der Waals surface area contributed by atoms with E-state index < -0.39 is 4.92 Å². The lowest BCUT2D eigenvalue weighted by Crippen LogP contribution is -1.91. The first-order chi connectivity index (χ1) is 8.50. The molecule has 0 saturated heterocycles. The van der Waals surface area contributed by atoms with Crippen molar-refractivity contribution in [3.8, 4) is 0 Å². The third kappa shape index (κ3) is 4.85. The van der Waals surface area contributed by atoms with Gasteiger partial charge in [0.25, 0.3) is 5.69 Å². The summed E-state index contributed by atoms with van der Waals surface area (Å²) >= 11 is 7.05. The summed E-state index contributed by atoms with van der Waals surface area (Å²) < 4.78 is 0. The van der Waals surface area contributed by atoms with Gasteiger partial charge in [-0.3, -0.25) is 14.9 Å². The van der Waals surface area contributed by atoms with Crippen LogP contribution in [-0.2, 0) is 4.79 Å². The lowest BCUT2D eigenvalue weighted by molar-refractivity contribution is -0.385. The van der Waals surface area contributed by atoms with E-state index in [-0.39, 0.29) is 16.0 Å². The van der Waals surface area contributed by atoms with Gasteiger partial charge in [-0.1, -0.05) is 35.5 Å². The third-order valence-corrected chi connectivity index (χ3v) is 3.11. The molecule has 0 radical (unpaired) electrons. The van der Waals surface area contributed by atoms with Crippen molar-refractivity contribution in [3.63, 3.8) is 0 Å². The highest BCUT2D eigenvalue weighted by Crippen LogP contribution is 2.20. The van der Waals surface area contributed by atoms with E-state index >= 15 is 0 Å². The van der Waals surface area contributed by atoms with Gasteiger partial charge in [-0.25, -0.2) is 4.98 Å². The van der Waals surface area contributed by atoms with Gasteiger partial charge < -0.3 is 0 Å². The number of allylic oxidation sites excluding steroid dienone is 1. The summed E-state index contributed by atoms with van der Waals surface area (Å²) in [5.74, 6) is 0.672. The Morgan fingerprint density at radius 3 is 3.00 bits per heavy atom. The molecule has 0 saturated carbocycles. The topological polar surface area (TPSA) is 73.1 Å². The molecule has 1 aromatic rings. The quantitative estimate of drug-likeness (QED) is 0.359. The summed E-state index contributed by atoms with van der Waals surface area (Å²) in [6, 6.07) is 1.37. The van der Waals surface area contributed by atoms with Crippen molar-refractivity contribution in [2.45, 2.75) is 13.3 Å². The fourth-order valence-electron chi connectivity index (χ4n) is 1.15. The average molecular weight is 287 g/mol. The number of hydrogen-bond acceptors (Lipinski definition) is 5. The van der Waals surface area contributed by atoms with Gasteiger partial charge in [0.2, 0.25) is 0 Å². The Kier molecular flexibility index (Phi) is 5.80. The third-order valence-electron chi connectivity index (χ3n) is 1.95. The second kappa shape index (κ2) is 7.13. The molecule has 1 aromatic heterocycles. The minimum Gasteiger partial charge on any atom is -0.288 e.